The van der Waals surface area contributed by atoms with Crippen LogP contribution in [0, 0.1) is 13.8 Å². The van der Waals surface area contributed by atoms with Crippen LogP contribution >= 0.6 is 0 Å². The highest BCUT2D eigenvalue weighted by atomic mass is 16.5. The van der Waals surface area contributed by atoms with Gasteiger partial charge in [0.05, 0.1) is 18.7 Å². The number of furan rings is 1. The molecule has 0 spiro atoms. The minimum atomic E-state index is 0.0425. The maximum Gasteiger partial charge on any atom is 0.270 e. The van der Waals surface area contributed by atoms with Crippen LogP contribution < -0.4 is 0 Å². The van der Waals surface area contributed by atoms with E-state index in [4.69, 9.17) is 9.15 Å². The van der Waals surface area contributed by atoms with Crippen molar-refractivity contribution in [1.82, 2.24) is 9.47 Å². The molecule has 1 fully saturated rings. The number of nitrogens with zero attached hydrogens (tertiary/aromatic N) is 2. The highest BCUT2D eigenvalue weighted by Crippen LogP contribution is 2.26. The van der Waals surface area contributed by atoms with E-state index in [1.54, 1.807) is 0 Å². The average molecular weight is 338 g/mol. The maximum atomic E-state index is 13.1. The summed E-state index contributed by atoms with van der Waals surface area (Å²) in [4.78, 5) is 14.9. The summed E-state index contributed by atoms with van der Waals surface area (Å²) >= 11 is 0. The number of carbonyl (C=O) groups excluding carboxylic acids is 1. The van der Waals surface area contributed by atoms with Crippen LogP contribution in [-0.4, -0.2) is 41.7 Å². The van der Waals surface area contributed by atoms with Gasteiger partial charge < -0.3 is 18.6 Å². The van der Waals surface area contributed by atoms with Crippen LogP contribution in [0.1, 0.15) is 27.4 Å². The van der Waals surface area contributed by atoms with Crippen molar-refractivity contribution in [3.8, 4) is 0 Å². The summed E-state index contributed by atoms with van der Waals surface area (Å²) < 4.78 is 13.2. The molecule has 2 aromatic heterocycles. The molecule has 1 aliphatic rings. The molecule has 0 unspecified atom stereocenters. The molecule has 1 saturated heterocycles. The third-order valence-corrected chi connectivity index (χ3v) is 4.82. The van der Waals surface area contributed by atoms with Crippen molar-refractivity contribution in [3.63, 3.8) is 0 Å². The Kier molecular flexibility index (Phi) is 4.09. The normalized spacial score (nSPS) is 15.0. The van der Waals surface area contributed by atoms with E-state index in [2.05, 4.69) is 23.6 Å². The van der Waals surface area contributed by atoms with Gasteiger partial charge in [-0.05, 0) is 25.0 Å². The fourth-order valence-corrected chi connectivity index (χ4v) is 3.40. The molecule has 25 heavy (non-hydrogen) atoms. The molecule has 1 aliphatic heterocycles. The average Bonchev–Trinajstić information content (AvgIpc) is 3.14. The minimum Gasteiger partial charge on any atom is -0.460 e. The third-order valence-electron chi connectivity index (χ3n) is 4.82. The molecular weight excluding hydrogens is 316 g/mol. The second-order valence-electron chi connectivity index (χ2n) is 6.55. The molecule has 0 saturated carbocycles. The van der Waals surface area contributed by atoms with Crippen molar-refractivity contribution in [2.45, 2.75) is 20.4 Å². The zero-order chi connectivity index (χ0) is 17.4. The lowest BCUT2D eigenvalue weighted by atomic mass is 10.1. The van der Waals surface area contributed by atoms with Crippen molar-refractivity contribution in [2.24, 2.45) is 0 Å². The number of benzene rings is 1. The van der Waals surface area contributed by atoms with Gasteiger partial charge in [0.15, 0.2) is 5.58 Å². The number of hydrogen-bond donors (Lipinski definition) is 0. The molecule has 0 N–H and O–H groups in total. The SMILES string of the molecule is Cc1cc2c(cc(C(=O)N3CCOCC3)n2Cc2ccccc2C)o1. The van der Waals surface area contributed by atoms with Crippen LogP contribution in [0.4, 0.5) is 0 Å². The van der Waals surface area contributed by atoms with E-state index in [1.165, 1.54) is 11.1 Å². The van der Waals surface area contributed by atoms with E-state index in [-0.39, 0.29) is 5.91 Å². The van der Waals surface area contributed by atoms with Gasteiger partial charge in [0.2, 0.25) is 0 Å². The zero-order valence-corrected chi connectivity index (χ0v) is 14.6. The number of rotatable bonds is 3. The lowest BCUT2D eigenvalue weighted by Gasteiger charge is -2.27. The summed E-state index contributed by atoms with van der Waals surface area (Å²) in [5.41, 5.74) is 4.84. The summed E-state index contributed by atoms with van der Waals surface area (Å²) in [7, 11) is 0. The van der Waals surface area contributed by atoms with E-state index >= 15 is 0 Å². The van der Waals surface area contributed by atoms with Crippen LogP contribution in [0.2, 0.25) is 0 Å². The molecule has 3 heterocycles. The Balaban J connectivity index is 1.77. The lowest BCUT2D eigenvalue weighted by molar-refractivity contribution is 0.0296. The van der Waals surface area contributed by atoms with E-state index in [1.807, 2.05) is 36.1 Å². The molecule has 4 rings (SSSR count). The van der Waals surface area contributed by atoms with Gasteiger partial charge >= 0.3 is 0 Å². The molecule has 130 valence electrons. The van der Waals surface area contributed by atoms with Crippen molar-refractivity contribution < 1.29 is 13.9 Å². The van der Waals surface area contributed by atoms with Gasteiger partial charge in [-0.1, -0.05) is 24.3 Å². The predicted octanol–water partition coefficient (Wildman–Crippen LogP) is 3.37. The van der Waals surface area contributed by atoms with Gasteiger partial charge in [-0.2, -0.15) is 0 Å². The summed E-state index contributed by atoms with van der Waals surface area (Å²) in [5.74, 6) is 0.898. The predicted molar refractivity (Wildman–Crippen MR) is 95.9 cm³/mol. The van der Waals surface area contributed by atoms with E-state index < -0.39 is 0 Å². The van der Waals surface area contributed by atoms with Crippen LogP contribution in [0.3, 0.4) is 0 Å². The van der Waals surface area contributed by atoms with Gasteiger partial charge in [-0.15, -0.1) is 0 Å². The van der Waals surface area contributed by atoms with Crippen molar-refractivity contribution >= 4 is 17.0 Å². The molecule has 5 heteroatoms. The summed E-state index contributed by atoms with van der Waals surface area (Å²) in [6.45, 7) is 7.14. The van der Waals surface area contributed by atoms with Gasteiger partial charge in [0.25, 0.3) is 5.91 Å². The second kappa shape index (κ2) is 6.41. The van der Waals surface area contributed by atoms with Crippen LogP contribution in [-0.2, 0) is 11.3 Å². The Labute approximate surface area is 146 Å². The largest absolute Gasteiger partial charge is 0.460 e. The Hall–Kier alpha value is -2.53. The first-order valence-electron chi connectivity index (χ1n) is 8.64. The third kappa shape index (κ3) is 2.96. The van der Waals surface area contributed by atoms with Crippen LogP contribution in [0.25, 0.3) is 11.1 Å². The monoisotopic (exact) mass is 338 g/mol. The summed E-state index contributed by atoms with van der Waals surface area (Å²) in [6, 6.07) is 12.2. The fraction of sp³-hybridized carbons (Fsp3) is 0.350. The fourth-order valence-electron chi connectivity index (χ4n) is 3.40. The Morgan fingerprint density at radius 2 is 1.88 bits per heavy atom. The minimum absolute atomic E-state index is 0.0425. The number of carbonyl (C=O) groups is 1. The van der Waals surface area contributed by atoms with Crippen molar-refractivity contribution in [3.05, 3.63) is 59.0 Å². The number of ether oxygens (including phenoxy) is 1. The smallest absolute Gasteiger partial charge is 0.270 e. The second-order valence-corrected chi connectivity index (χ2v) is 6.55. The quantitative estimate of drug-likeness (QED) is 0.736. The Bertz CT molecular complexity index is 916. The molecule has 0 aliphatic carbocycles. The zero-order valence-electron chi connectivity index (χ0n) is 14.6. The van der Waals surface area contributed by atoms with Crippen molar-refractivity contribution in [2.75, 3.05) is 26.3 Å². The molecule has 1 amide bonds. The first-order valence-corrected chi connectivity index (χ1v) is 8.64. The molecule has 1 aromatic carbocycles. The van der Waals surface area contributed by atoms with E-state index in [9.17, 15) is 4.79 Å². The Morgan fingerprint density at radius 3 is 2.64 bits per heavy atom. The van der Waals surface area contributed by atoms with Crippen molar-refractivity contribution in [1.29, 1.82) is 0 Å². The maximum absolute atomic E-state index is 13.1. The Morgan fingerprint density at radius 1 is 1.12 bits per heavy atom. The standard InChI is InChI=1S/C20H22N2O3/c1-14-5-3-4-6-16(14)13-22-17-11-15(2)25-19(17)12-18(22)20(23)21-7-9-24-10-8-21/h3-6,11-12H,7-10,13H2,1-2H3. The van der Waals surface area contributed by atoms with Crippen LogP contribution in [0.5, 0.6) is 0 Å². The van der Waals surface area contributed by atoms with Gasteiger partial charge in [-0.25, -0.2) is 0 Å². The topological polar surface area (TPSA) is 47.6 Å². The van der Waals surface area contributed by atoms with Crippen LogP contribution in [0.15, 0.2) is 40.8 Å². The number of fused-ring (bicyclic) bond motifs is 1. The molecule has 0 atom stereocenters. The summed E-state index contributed by atoms with van der Waals surface area (Å²) in [6.07, 6.45) is 0. The molecular formula is C20H22N2O3. The molecule has 0 radical (unpaired) electrons. The number of aryl methyl sites for hydroxylation is 2. The van der Waals surface area contributed by atoms with E-state index in [0.717, 1.165) is 16.9 Å². The number of morpholine rings is 1. The lowest BCUT2D eigenvalue weighted by Crippen LogP contribution is -2.41. The van der Waals surface area contributed by atoms with Gasteiger partial charge in [-0.3, -0.25) is 4.79 Å². The summed E-state index contributed by atoms with van der Waals surface area (Å²) in [5, 5.41) is 0. The molecule has 5 nitrogen and oxygen atoms in total. The first-order chi connectivity index (χ1) is 12.1. The highest BCUT2D eigenvalue weighted by Gasteiger charge is 2.24. The van der Waals surface area contributed by atoms with Gasteiger partial charge in [0.1, 0.15) is 11.5 Å². The first kappa shape index (κ1) is 16.0. The number of hydrogen-bond acceptors (Lipinski definition) is 3. The number of aromatic nitrogens is 1. The van der Waals surface area contributed by atoms with E-state index in [0.29, 0.717) is 38.5 Å². The van der Waals surface area contributed by atoms with Gasteiger partial charge in [0, 0.05) is 31.8 Å². The molecule has 0 bridgehead atoms. The number of amides is 1. The highest BCUT2D eigenvalue weighted by molar-refractivity contribution is 5.97. The molecule has 3 aromatic rings.